The molecule has 36 heavy (non-hydrogen) atoms. The Bertz CT molecular complexity index is 1600. The number of benzene rings is 3. The van der Waals surface area contributed by atoms with Crippen LogP contribution in [0.3, 0.4) is 0 Å². The van der Waals surface area contributed by atoms with E-state index in [-0.39, 0.29) is 11.5 Å². The monoisotopic (exact) mass is 498 g/mol. The Hall–Kier alpha value is -3.57. The molecule has 0 bridgehead atoms. The predicted octanol–water partition coefficient (Wildman–Crippen LogP) is 6.75. The molecule has 2 heterocycles. The molecule has 0 amide bonds. The van der Waals surface area contributed by atoms with Gasteiger partial charge in [0, 0.05) is 28.8 Å². The smallest absolute Gasteiger partial charge is 0.377 e. The predicted molar refractivity (Wildman–Crippen MR) is 145 cm³/mol. The molecule has 0 saturated carbocycles. The summed E-state index contributed by atoms with van der Waals surface area (Å²) >= 11 is 0. The average Bonchev–Trinajstić information content (AvgIpc) is 2.91. The van der Waals surface area contributed by atoms with Gasteiger partial charge < -0.3 is 14.2 Å². The molecule has 0 aliphatic heterocycles. The van der Waals surface area contributed by atoms with Gasteiger partial charge >= 0.3 is 7.60 Å². The second-order valence-corrected chi connectivity index (χ2v) is 10.4. The van der Waals surface area contributed by atoms with Crippen molar-refractivity contribution in [2.45, 2.75) is 26.4 Å². The lowest BCUT2D eigenvalue weighted by molar-refractivity contribution is 0.192. The zero-order chi connectivity index (χ0) is 25.3. The lowest BCUT2D eigenvalue weighted by Crippen LogP contribution is -2.16. The fraction of sp³-hybridized carbons (Fsp3) is 0.172. The molecule has 0 aliphatic rings. The van der Waals surface area contributed by atoms with Crippen molar-refractivity contribution in [1.82, 2.24) is 9.97 Å². The molecule has 5 rings (SSSR count). The Morgan fingerprint density at radius 3 is 2.47 bits per heavy atom. The summed E-state index contributed by atoms with van der Waals surface area (Å²) in [5.41, 5.74) is 4.41. The summed E-state index contributed by atoms with van der Waals surface area (Å²) in [7, 11) is -2.51. The first-order chi connectivity index (χ1) is 17.4. The minimum absolute atomic E-state index is 0.0376. The number of hydrogen-bond acceptors (Lipinski definition) is 5. The van der Waals surface area contributed by atoms with Gasteiger partial charge in [-0.25, -0.2) is 9.97 Å². The van der Waals surface area contributed by atoms with E-state index < -0.39 is 7.60 Å². The molecule has 1 N–H and O–H groups in total. The largest absolute Gasteiger partial charge is 0.481 e. The summed E-state index contributed by atoms with van der Waals surface area (Å²) in [6.07, 6.45) is 2.04. The Balaban J connectivity index is 1.76. The van der Waals surface area contributed by atoms with E-state index in [0.717, 1.165) is 38.4 Å². The van der Waals surface area contributed by atoms with Crippen molar-refractivity contribution in [3.05, 3.63) is 85.1 Å². The number of ether oxygens (including phenoxy) is 1. The fourth-order valence-electron chi connectivity index (χ4n) is 4.26. The third-order valence-electron chi connectivity index (χ3n) is 6.32. The van der Waals surface area contributed by atoms with Crippen LogP contribution in [0.15, 0.2) is 85.1 Å². The zero-order valence-electron chi connectivity index (χ0n) is 20.4. The van der Waals surface area contributed by atoms with Crippen LogP contribution in [0.2, 0.25) is 0 Å². The number of rotatable bonds is 7. The molecule has 2 aromatic heterocycles. The van der Waals surface area contributed by atoms with Crippen molar-refractivity contribution in [1.29, 1.82) is 0 Å². The van der Waals surface area contributed by atoms with Gasteiger partial charge in [-0.2, -0.15) is 0 Å². The number of pyridine rings is 2. The van der Waals surface area contributed by atoms with Crippen molar-refractivity contribution in [2.75, 3.05) is 7.11 Å². The molecule has 6 nitrogen and oxygen atoms in total. The van der Waals surface area contributed by atoms with Gasteiger partial charge in [-0.15, -0.1) is 0 Å². The molecule has 0 fully saturated rings. The minimum atomic E-state index is -4.10. The van der Waals surface area contributed by atoms with E-state index >= 15 is 0 Å². The van der Waals surface area contributed by atoms with Crippen LogP contribution >= 0.6 is 7.60 Å². The van der Waals surface area contributed by atoms with Crippen LogP contribution in [-0.4, -0.2) is 28.1 Å². The summed E-state index contributed by atoms with van der Waals surface area (Å²) in [4.78, 5) is 19.8. The highest BCUT2D eigenvalue weighted by Gasteiger charge is 2.27. The number of methoxy groups -OCH3 is 1. The van der Waals surface area contributed by atoms with Crippen LogP contribution in [0.25, 0.3) is 43.9 Å². The minimum Gasteiger partial charge on any atom is -0.481 e. The van der Waals surface area contributed by atoms with Crippen LogP contribution in [0.1, 0.15) is 20.3 Å². The van der Waals surface area contributed by atoms with Gasteiger partial charge in [-0.1, -0.05) is 55.5 Å². The second-order valence-electron chi connectivity index (χ2n) is 8.73. The van der Waals surface area contributed by atoms with Gasteiger partial charge in [-0.3, -0.25) is 4.57 Å². The van der Waals surface area contributed by atoms with Gasteiger partial charge in [0.25, 0.3) is 0 Å². The molecule has 5 aromatic rings. The molecular formula is C29H27N2O4P. The number of fused-ring (bicyclic) bond motifs is 2. The van der Waals surface area contributed by atoms with Crippen molar-refractivity contribution in [2.24, 2.45) is 0 Å². The standard InChI is InChI=1S/C29H27N2O4P/c1-4-19(2)35-36(32,33)28-15-13-21-16-23(22-12-14-27(34-3)30-18-22)17-26(29(21)31-28)25-11-7-9-20-8-5-6-10-24(20)25/h5-19H,4H2,1-3H3,(H,32,33). The van der Waals surface area contributed by atoms with Crippen molar-refractivity contribution in [3.63, 3.8) is 0 Å². The molecule has 0 spiro atoms. The quantitative estimate of drug-likeness (QED) is 0.250. The van der Waals surface area contributed by atoms with Gasteiger partial charge in [-0.05, 0) is 59.5 Å². The average molecular weight is 499 g/mol. The van der Waals surface area contributed by atoms with E-state index in [1.165, 1.54) is 0 Å². The first-order valence-corrected chi connectivity index (χ1v) is 13.4. The van der Waals surface area contributed by atoms with E-state index in [1.54, 1.807) is 26.3 Å². The normalized spacial score (nSPS) is 14.0. The van der Waals surface area contributed by atoms with Crippen LogP contribution < -0.4 is 10.2 Å². The highest BCUT2D eigenvalue weighted by atomic mass is 31.2. The third kappa shape index (κ3) is 4.63. The molecule has 3 aromatic carbocycles. The van der Waals surface area contributed by atoms with Crippen molar-refractivity contribution in [3.8, 4) is 28.1 Å². The molecular weight excluding hydrogens is 471 g/mol. The Kier molecular flexibility index (Phi) is 6.59. The first kappa shape index (κ1) is 24.1. The lowest BCUT2D eigenvalue weighted by atomic mass is 9.93. The molecule has 7 heteroatoms. The van der Waals surface area contributed by atoms with Crippen LogP contribution in [-0.2, 0) is 9.09 Å². The number of hydrogen-bond donors (Lipinski definition) is 1. The van der Waals surface area contributed by atoms with Crippen LogP contribution in [0.4, 0.5) is 0 Å². The van der Waals surface area contributed by atoms with Gasteiger partial charge in [0.05, 0.1) is 18.7 Å². The molecule has 0 saturated heterocycles. The van der Waals surface area contributed by atoms with Gasteiger partial charge in [0.2, 0.25) is 5.88 Å². The van der Waals surface area contributed by atoms with Gasteiger partial charge in [0.15, 0.2) is 5.44 Å². The fourth-order valence-corrected chi connectivity index (χ4v) is 5.49. The van der Waals surface area contributed by atoms with E-state index in [4.69, 9.17) is 14.2 Å². The highest BCUT2D eigenvalue weighted by molar-refractivity contribution is 7.61. The third-order valence-corrected chi connectivity index (χ3v) is 7.80. The zero-order valence-corrected chi connectivity index (χ0v) is 21.3. The summed E-state index contributed by atoms with van der Waals surface area (Å²) in [6.45, 7) is 3.69. The maximum absolute atomic E-state index is 13.1. The van der Waals surface area contributed by atoms with E-state index in [2.05, 4.69) is 35.3 Å². The summed E-state index contributed by atoms with van der Waals surface area (Å²) in [5.74, 6) is 0.542. The number of aromatic nitrogens is 2. The summed E-state index contributed by atoms with van der Waals surface area (Å²) < 4.78 is 23.8. The lowest BCUT2D eigenvalue weighted by Gasteiger charge is -2.18. The van der Waals surface area contributed by atoms with Crippen molar-refractivity contribution < 1.29 is 18.7 Å². The SMILES string of the molecule is CCC(C)OP(=O)(O)c1ccc2cc(-c3ccc(OC)nc3)cc(-c3cccc4ccccc34)c2n1. The molecule has 0 radical (unpaired) electrons. The topological polar surface area (TPSA) is 81.5 Å². The molecule has 182 valence electrons. The van der Waals surface area contributed by atoms with E-state index in [9.17, 15) is 9.46 Å². The van der Waals surface area contributed by atoms with Crippen LogP contribution in [0.5, 0.6) is 5.88 Å². The Morgan fingerprint density at radius 1 is 0.917 bits per heavy atom. The van der Waals surface area contributed by atoms with Crippen LogP contribution in [0, 0.1) is 0 Å². The van der Waals surface area contributed by atoms with E-state index in [1.807, 2.05) is 49.4 Å². The maximum Gasteiger partial charge on any atom is 0.377 e. The Morgan fingerprint density at radius 2 is 1.72 bits per heavy atom. The van der Waals surface area contributed by atoms with E-state index in [0.29, 0.717) is 17.8 Å². The molecule has 2 atom stereocenters. The Labute approximate surface area is 210 Å². The summed E-state index contributed by atoms with van der Waals surface area (Å²) in [6, 6.07) is 25.6. The first-order valence-electron chi connectivity index (χ1n) is 11.8. The van der Waals surface area contributed by atoms with Crippen molar-refractivity contribution >= 4 is 34.7 Å². The maximum atomic E-state index is 13.1. The molecule has 0 aliphatic carbocycles. The van der Waals surface area contributed by atoms with Gasteiger partial charge in [0.1, 0.15) is 0 Å². The summed E-state index contributed by atoms with van der Waals surface area (Å²) in [5, 5.41) is 3.02. The highest BCUT2D eigenvalue weighted by Crippen LogP contribution is 2.43. The number of nitrogens with zero attached hydrogens (tertiary/aromatic N) is 2. The second kappa shape index (κ2) is 9.82. The molecule has 2 unspecified atom stereocenters.